The molecule has 0 unspecified atom stereocenters. The van der Waals surface area contributed by atoms with Crippen LogP contribution in [0, 0.1) is 18.8 Å². The molecule has 2 rings (SSSR count). The number of aliphatic hydroxyl groups excluding tert-OH is 1. The number of nitrogens with zero attached hydrogens (tertiary/aromatic N) is 1. The van der Waals surface area contributed by atoms with Gasteiger partial charge in [-0.25, -0.2) is 0 Å². The Morgan fingerprint density at radius 1 is 1.15 bits per heavy atom. The van der Waals surface area contributed by atoms with E-state index < -0.39 is 0 Å². The lowest BCUT2D eigenvalue weighted by molar-refractivity contribution is 0.305. The Bertz CT molecular complexity index is 705. The fraction of sp³-hybridized carbons (Fsp3) is 0.235. The van der Waals surface area contributed by atoms with Gasteiger partial charge in [-0.2, -0.15) is 0 Å². The van der Waals surface area contributed by atoms with Crippen molar-refractivity contribution in [2.24, 2.45) is 0 Å². The van der Waals surface area contributed by atoms with Gasteiger partial charge in [-0.1, -0.05) is 36.1 Å². The van der Waals surface area contributed by atoms with Crippen molar-refractivity contribution in [3.8, 4) is 11.8 Å². The lowest BCUT2D eigenvalue weighted by Gasteiger charge is -2.10. The van der Waals surface area contributed by atoms with Crippen LogP contribution in [0.3, 0.4) is 0 Å². The van der Waals surface area contributed by atoms with Crippen LogP contribution in [-0.2, 0) is 6.54 Å². The molecule has 0 aliphatic rings. The van der Waals surface area contributed by atoms with E-state index in [1.807, 2.05) is 37.3 Å². The summed E-state index contributed by atoms with van der Waals surface area (Å²) < 4.78 is 1.73. The van der Waals surface area contributed by atoms with Gasteiger partial charge in [0.15, 0.2) is 0 Å². The maximum absolute atomic E-state index is 11.9. The van der Waals surface area contributed by atoms with Gasteiger partial charge in [0.05, 0.1) is 13.2 Å². The van der Waals surface area contributed by atoms with Gasteiger partial charge < -0.3 is 9.67 Å². The second kappa shape index (κ2) is 6.74. The topological polar surface area (TPSA) is 42.2 Å². The van der Waals surface area contributed by atoms with E-state index in [0.717, 1.165) is 16.8 Å². The Labute approximate surface area is 118 Å². The first-order chi connectivity index (χ1) is 9.72. The molecule has 0 fully saturated rings. The Kier molecular flexibility index (Phi) is 4.75. The van der Waals surface area contributed by atoms with E-state index >= 15 is 0 Å². The molecule has 1 aromatic carbocycles. The van der Waals surface area contributed by atoms with Crippen LogP contribution in [0.25, 0.3) is 0 Å². The Morgan fingerprint density at radius 2 is 1.95 bits per heavy atom. The normalized spacial score (nSPS) is 9.90. The van der Waals surface area contributed by atoms with Gasteiger partial charge in [0.25, 0.3) is 5.56 Å². The molecular weight excluding hydrogens is 250 g/mol. The third-order valence-electron chi connectivity index (χ3n) is 3.07. The van der Waals surface area contributed by atoms with E-state index in [9.17, 15) is 4.79 Å². The summed E-state index contributed by atoms with van der Waals surface area (Å²) in [5, 5.41) is 8.77. The predicted molar refractivity (Wildman–Crippen MR) is 79.6 cm³/mol. The van der Waals surface area contributed by atoms with Gasteiger partial charge in [-0.05, 0) is 24.6 Å². The fourth-order valence-corrected chi connectivity index (χ4v) is 1.99. The zero-order chi connectivity index (χ0) is 14.4. The number of hydrogen-bond acceptors (Lipinski definition) is 2. The standard InChI is InChI=1S/C17H17NO2/c1-14-7-6-11-17(20)18(14)13-16-10-3-2-8-15(16)9-4-5-12-19/h2-3,6-8,10-11,19H,5,12-13H2,1H3. The molecule has 0 amide bonds. The van der Waals surface area contributed by atoms with Crippen LogP contribution in [0.4, 0.5) is 0 Å². The largest absolute Gasteiger partial charge is 0.395 e. The van der Waals surface area contributed by atoms with E-state index in [1.54, 1.807) is 16.7 Å². The summed E-state index contributed by atoms with van der Waals surface area (Å²) in [4.78, 5) is 11.9. The summed E-state index contributed by atoms with van der Waals surface area (Å²) in [5.41, 5.74) is 2.82. The second-order valence-electron chi connectivity index (χ2n) is 4.52. The van der Waals surface area contributed by atoms with Gasteiger partial charge in [0.1, 0.15) is 0 Å². The van der Waals surface area contributed by atoms with Crippen LogP contribution >= 0.6 is 0 Å². The summed E-state index contributed by atoms with van der Waals surface area (Å²) in [5.74, 6) is 5.97. The molecule has 0 aliphatic heterocycles. The Hall–Kier alpha value is -2.31. The molecular formula is C17H17NO2. The van der Waals surface area contributed by atoms with Crippen LogP contribution in [0.15, 0.2) is 47.3 Å². The number of aliphatic hydroxyl groups is 1. The smallest absolute Gasteiger partial charge is 0.251 e. The first-order valence-electron chi connectivity index (χ1n) is 6.56. The molecule has 0 radical (unpaired) electrons. The molecule has 20 heavy (non-hydrogen) atoms. The molecule has 1 heterocycles. The highest BCUT2D eigenvalue weighted by Gasteiger charge is 2.04. The molecule has 3 heteroatoms. The summed E-state index contributed by atoms with van der Waals surface area (Å²) >= 11 is 0. The first-order valence-corrected chi connectivity index (χ1v) is 6.56. The fourth-order valence-electron chi connectivity index (χ4n) is 1.99. The zero-order valence-corrected chi connectivity index (χ0v) is 11.5. The van der Waals surface area contributed by atoms with Gasteiger partial charge in [-0.3, -0.25) is 4.79 Å². The molecule has 1 N–H and O–H groups in total. The predicted octanol–water partition coefficient (Wildman–Crippen LogP) is 1.94. The van der Waals surface area contributed by atoms with Crippen LogP contribution in [0.1, 0.15) is 23.2 Å². The van der Waals surface area contributed by atoms with Crippen LogP contribution in [0.5, 0.6) is 0 Å². The summed E-state index contributed by atoms with van der Waals surface area (Å²) in [6, 6.07) is 13.0. The average Bonchev–Trinajstić information content (AvgIpc) is 2.45. The monoisotopic (exact) mass is 267 g/mol. The molecule has 0 aliphatic carbocycles. The molecule has 3 nitrogen and oxygen atoms in total. The minimum Gasteiger partial charge on any atom is -0.395 e. The van der Waals surface area contributed by atoms with Crippen molar-refractivity contribution in [1.82, 2.24) is 4.57 Å². The summed E-state index contributed by atoms with van der Waals surface area (Å²) in [7, 11) is 0. The third-order valence-corrected chi connectivity index (χ3v) is 3.07. The van der Waals surface area contributed by atoms with E-state index in [2.05, 4.69) is 11.8 Å². The second-order valence-corrected chi connectivity index (χ2v) is 4.52. The molecule has 0 saturated heterocycles. The zero-order valence-electron chi connectivity index (χ0n) is 11.5. The van der Waals surface area contributed by atoms with Crippen LogP contribution in [-0.4, -0.2) is 16.3 Å². The van der Waals surface area contributed by atoms with Gasteiger partial charge in [0, 0.05) is 23.7 Å². The third kappa shape index (κ3) is 3.37. The van der Waals surface area contributed by atoms with Gasteiger partial charge in [0.2, 0.25) is 0 Å². The SMILES string of the molecule is Cc1cccc(=O)n1Cc1ccccc1C#CCCO. The lowest BCUT2D eigenvalue weighted by Crippen LogP contribution is -2.21. The number of rotatable bonds is 3. The van der Waals surface area contributed by atoms with Gasteiger partial charge >= 0.3 is 0 Å². The quantitative estimate of drug-likeness (QED) is 0.864. The number of pyridine rings is 1. The summed E-state index contributed by atoms with van der Waals surface area (Å²) in [6.45, 7) is 2.49. The van der Waals surface area contributed by atoms with Crippen LogP contribution in [0.2, 0.25) is 0 Å². The Balaban J connectivity index is 2.35. The van der Waals surface area contributed by atoms with Crippen molar-refractivity contribution in [1.29, 1.82) is 0 Å². The highest BCUT2D eigenvalue weighted by Crippen LogP contribution is 2.10. The molecule has 0 spiro atoms. The number of aromatic nitrogens is 1. The molecule has 102 valence electrons. The maximum atomic E-state index is 11.9. The van der Waals surface area contributed by atoms with Crippen molar-refractivity contribution < 1.29 is 5.11 Å². The van der Waals surface area contributed by atoms with E-state index in [1.165, 1.54) is 0 Å². The van der Waals surface area contributed by atoms with Crippen molar-refractivity contribution in [2.75, 3.05) is 6.61 Å². The number of hydrogen-bond donors (Lipinski definition) is 1. The maximum Gasteiger partial charge on any atom is 0.251 e. The van der Waals surface area contributed by atoms with E-state index in [4.69, 9.17) is 5.11 Å². The Morgan fingerprint density at radius 3 is 2.70 bits per heavy atom. The van der Waals surface area contributed by atoms with E-state index in [0.29, 0.717) is 13.0 Å². The number of benzene rings is 1. The van der Waals surface area contributed by atoms with Crippen LogP contribution < -0.4 is 5.56 Å². The average molecular weight is 267 g/mol. The minimum atomic E-state index is -0.0110. The lowest BCUT2D eigenvalue weighted by atomic mass is 10.1. The molecule has 0 bridgehead atoms. The molecule has 0 saturated carbocycles. The first kappa shape index (κ1) is 14.1. The minimum absolute atomic E-state index is 0.0110. The highest BCUT2D eigenvalue weighted by molar-refractivity contribution is 5.41. The van der Waals surface area contributed by atoms with Crippen molar-refractivity contribution in [3.05, 3.63) is 69.6 Å². The van der Waals surface area contributed by atoms with Crippen molar-refractivity contribution in [2.45, 2.75) is 19.9 Å². The van der Waals surface area contributed by atoms with Gasteiger partial charge in [-0.15, -0.1) is 0 Å². The van der Waals surface area contributed by atoms with Crippen molar-refractivity contribution in [3.63, 3.8) is 0 Å². The van der Waals surface area contributed by atoms with E-state index in [-0.39, 0.29) is 12.2 Å². The number of aryl methyl sites for hydroxylation is 1. The molecule has 0 atom stereocenters. The highest BCUT2D eigenvalue weighted by atomic mass is 16.2. The molecule has 1 aromatic heterocycles. The molecule has 2 aromatic rings. The van der Waals surface area contributed by atoms with Crippen molar-refractivity contribution >= 4 is 0 Å². The summed E-state index contributed by atoms with van der Waals surface area (Å²) in [6.07, 6.45) is 0.457.